The average Bonchev–Trinajstić information content (AvgIpc) is 2.57. The summed E-state index contributed by atoms with van der Waals surface area (Å²) in [5, 5.41) is 9.66. The standard InChI is InChI=1S/C10H11BrO.C10H9BrO/c2*11-8-5-4-7-2-1-3-10(12)9(7)6-8/h4-6,10,12H,1-3H2;4-6H,1-3H2. The predicted molar refractivity (Wildman–Crippen MR) is 103 cm³/mol. The summed E-state index contributed by atoms with van der Waals surface area (Å²) in [6.45, 7) is 0. The topological polar surface area (TPSA) is 37.3 Å². The van der Waals surface area contributed by atoms with E-state index in [0.29, 0.717) is 6.42 Å². The maximum atomic E-state index is 11.4. The van der Waals surface area contributed by atoms with Crippen LogP contribution in [-0.4, -0.2) is 10.9 Å². The fraction of sp³-hybridized carbons (Fsp3) is 0.350. The molecule has 2 aromatic rings. The van der Waals surface area contributed by atoms with Gasteiger partial charge in [0.05, 0.1) is 6.10 Å². The van der Waals surface area contributed by atoms with Crippen LogP contribution in [0.3, 0.4) is 0 Å². The van der Waals surface area contributed by atoms with Crippen LogP contribution in [0.25, 0.3) is 0 Å². The van der Waals surface area contributed by atoms with E-state index in [4.69, 9.17) is 0 Å². The molecule has 1 unspecified atom stereocenters. The lowest BCUT2D eigenvalue weighted by molar-refractivity contribution is 0.0972. The normalized spacial score (nSPS) is 19.0. The summed E-state index contributed by atoms with van der Waals surface area (Å²) in [7, 11) is 0. The fourth-order valence-corrected chi connectivity index (χ4v) is 4.09. The van der Waals surface area contributed by atoms with Crippen LogP contribution in [0, 0.1) is 0 Å². The molecule has 4 rings (SSSR count). The first-order valence-corrected chi connectivity index (χ1v) is 9.91. The molecule has 2 aliphatic rings. The highest BCUT2D eigenvalue weighted by atomic mass is 79.9. The minimum Gasteiger partial charge on any atom is -0.388 e. The number of fused-ring (bicyclic) bond motifs is 2. The smallest absolute Gasteiger partial charge is 0.163 e. The van der Waals surface area contributed by atoms with E-state index in [9.17, 15) is 9.90 Å². The number of halogens is 2. The third-order valence-corrected chi connectivity index (χ3v) is 5.60. The van der Waals surface area contributed by atoms with Gasteiger partial charge in [-0.1, -0.05) is 44.0 Å². The lowest BCUT2D eigenvalue weighted by Crippen LogP contribution is -2.10. The van der Waals surface area contributed by atoms with E-state index in [2.05, 4.69) is 37.9 Å². The number of benzene rings is 2. The van der Waals surface area contributed by atoms with Crippen LogP contribution in [0.15, 0.2) is 45.3 Å². The number of Topliss-reactive ketones (excluding diaryl/α,β-unsaturated/α-hetero) is 1. The maximum absolute atomic E-state index is 11.4. The van der Waals surface area contributed by atoms with Gasteiger partial charge in [0.25, 0.3) is 0 Å². The van der Waals surface area contributed by atoms with E-state index in [1.165, 1.54) is 11.1 Å². The third-order valence-electron chi connectivity index (χ3n) is 4.61. The Kier molecular flexibility index (Phi) is 5.90. The number of carbonyl (C=O) groups excluding carboxylic acids is 1. The van der Waals surface area contributed by atoms with Crippen molar-refractivity contribution >= 4 is 37.6 Å². The highest BCUT2D eigenvalue weighted by Gasteiger charge is 2.17. The first-order chi connectivity index (χ1) is 11.5. The molecule has 0 bridgehead atoms. The van der Waals surface area contributed by atoms with Crippen molar-refractivity contribution in [2.24, 2.45) is 0 Å². The summed E-state index contributed by atoms with van der Waals surface area (Å²) in [6.07, 6.45) is 5.65. The van der Waals surface area contributed by atoms with E-state index < -0.39 is 0 Å². The van der Waals surface area contributed by atoms with E-state index in [-0.39, 0.29) is 11.9 Å². The van der Waals surface area contributed by atoms with Crippen LogP contribution in [-0.2, 0) is 12.8 Å². The van der Waals surface area contributed by atoms with Gasteiger partial charge in [-0.15, -0.1) is 0 Å². The Hall–Kier alpha value is -0.970. The Labute approximate surface area is 159 Å². The molecule has 0 heterocycles. The molecular weight excluding hydrogens is 432 g/mol. The first-order valence-electron chi connectivity index (χ1n) is 8.32. The Morgan fingerprint density at radius 1 is 0.875 bits per heavy atom. The fourth-order valence-electron chi connectivity index (χ4n) is 3.35. The Bertz CT molecular complexity index is 755. The molecule has 0 amide bonds. The third kappa shape index (κ3) is 4.16. The van der Waals surface area contributed by atoms with Crippen molar-refractivity contribution in [2.75, 3.05) is 0 Å². The first kappa shape index (κ1) is 17.8. The molecule has 0 aromatic heterocycles. The number of aryl methyl sites for hydroxylation is 2. The average molecular weight is 452 g/mol. The van der Waals surface area contributed by atoms with Gasteiger partial charge in [0.2, 0.25) is 0 Å². The second-order valence-corrected chi connectivity index (χ2v) is 8.16. The highest BCUT2D eigenvalue weighted by Crippen LogP contribution is 2.31. The summed E-state index contributed by atoms with van der Waals surface area (Å²) in [5.41, 5.74) is 4.53. The number of ketones is 1. The molecule has 1 atom stereocenters. The predicted octanol–water partition coefficient (Wildman–Crippen LogP) is 5.79. The lowest BCUT2D eigenvalue weighted by atomic mass is 9.90. The second-order valence-electron chi connectivity index (χ2n) is 6.33. The molecule has 0 aliphatic heterocycles. The molecule has 0 radical (unpaired) electrons. The molecule has 2 nitrogen and oxygen atoms in total. The number of carbonyl (C=O) groups is 1. The van der Waals surface area contributed by atoms with Crippen molar-refractivity contribution in [1.82, 2.24) is 0 Å². The van der Waals surface area contributed by atoms with E-state index in [0.717, 1.165) is 52.2 Å². The molecule has 126 valence electrons. The molecular formula is C20H20Br2O2. The van der Waals surface area contributed by atoms with Gasteiger partial charge in [-0.3, -0.25) is 4.79 Å². The maximum Gasteiger partial charge on any atom is 0.163 e. The zero-order valence-electron chi connectivity index (χ0n) is 13.4. The van der Waals surface area contributed by atoms with Crippen LogP contribution in [0.5, 0.6) is 0 Å². The summed E-state index contributed by atoms with van der Waals surface area (Å²) < 4.78 is 2.05. The molecule has 0 fully saturated rings. The number of hydrogen-bond acceptors (Lipinski definition) is 2. The van der Waals surface area contributed by atoms with Crippen LogP contribution in [0.4, 0.5) is 0 Å². The summed E-state index contributed by atoms with van der Waals surface area (Å²) in [4.78, 5) is 11.4. The van der Waals surface area contributed by atoms with Gasteiger partial charge in [0.15, 0.2) is 5.78 Å². The largest absolute Gasteiger partial charge is 0.388 e. The van der Waals surface area contributed by atoms with Gasteiger partial charge in [-0.2, -0.15) is 0 Å². The lowest BCUT2D eigenvalue weighted by Gasteiger charge is -2.21. The van der Waals surface area contributed by atoms with E-state index >= 15 is 0 Å². The van der Waals surface area contributed by atoms with Crippen molar-refractivity contribution in [1.29, 1.82) is 0 Å². The van der Waals surface area contributed by atoms with Gasteiger partial charge in [-0.25, -0.2) is 0 Å². The van der Waals surface area contributed by atoms with Gasteiger partial charge in [-0.05, 0) is 73.1 Å². The Morgan fingerprint density at radius 3 is 2.33 bits per heavy atom. The van der Waals surface area contributed by atoms with E-state index in [1.54, 1.807) is 0 Å². The van der Waals surface area contributed by atoms with E-state index in [1.807, 2.05) is 30.3 Å². The second kappa shape index (κ2) is 7.94. The molecule has 0 saturated heterocycles. The molecule has 0 spiro atoms. The molecule has 2 aromatic carbocycles. The van der Waals surface area contributed by atoms with Crippen LogP contribution in [0.1, 0.15) is 58.8 Å². The SMILES string of the molecule is O=C1CCCc2ccc(Br)cc21.OC1CCCc2ccc(Br)cc21. The molecule has 24 heavy (non-hydrogen) atoms. The Balaban J connectivity index is 0.000000141. The summed E-state index contributed by atoms with van der Waals surface area (Å²) in [6, 6.07) is 12.1. The van der Waals surface area contributed by atoms with Gasteiger partial charge < -0.3 is 5.11 Å². The van der Waals surface area contributed by atoms with Crippen LogP contribution >= 0.6 is 31.9 Å². The minimum absolute atomic E-state index is 0.244. The molecule has 1 N–H and O–H groups in total. The van der Waals surface area contributed by atoms with Crippen molar-refractivity contribution in [3.05, 3.63) is 67.6 Å². The molecule has 2 aliphatic carbocycles. The zero-order valence-corrected chi connectivity index (χ0v) is 16.6. The quantitative estimate of drug-likeness (QED) is 0.550. The summed E-state index contributed by atoms with van der Waals surface area (Å²) >= 11 is 6.77. The number of hydrogen-bond donors (Lipinski definition) is 1. The van der Waals surface area contributed by atoms with Gasteiger partial charge in [0.1, 0.15) is 0 Å². The molecule has 0 saturated carbocycles. The van der Waals surface area contributed by atoms with Crippen molar-refractivity contribution in [3.8, 4) is 0 Å². The van der Waals surface area contributed by atoms with Crippen molar-refractivity contribution < 1.29 is 9.90 Å². The zero-order chi connectivity index (χ0) is 17.1. The minimum atomic E-state index is -0.244. The molecule has 4 heteroatoms. The monoisotopic (exact) mass is 450 g/mol. The van der Waals surface area contributed by atoms with Gasteiger partial charge >= 0.3 is 0 Å². The number of rotatable bonds is 0. The Morgan fingerprint density at radius 2 is 1.54 bits per heavy atom. The number of aliphatic hydroxyl groups is 1. The number of aliphatic hydroxyl groups excluding tert-OH is 1. The van der Waals surface area contributed by atoms with Crippen LogP contribution in [0.2, 0.25) is 0 Å². The van der Waals surface area contributed by atoms with Crippen molar-refractivity contribution in [3.63, 3.8) is 0 Å². The van der Waals surface area contributed by atoms with Crippen LogP contribution < -0.4 is 0 Å². The highest BCUT2D eigenvalue weighted by molar-refractivity contribution is 9.10. The summed E-state index contributed by atoms with van der Waals surface area (Å²) in [5.74, 6) is 0.289. The van der Waals surface area contributed by atoms with Crippen molar-refractivity contribution in [2.45, 2.75) is 44.6 Å². The van der Waals surface area contributed by atoms with Gasteiger partial charge in [0, 0.05) is 20.9 Å².